The molecule has 0 aromatic carbocycles. The molecule has 0 rings (SSSR count). The van der Waals surface area contributed by atoms with Crippen molar-refractivity contribution in [2.24, 2.45) is 0 Å². The van der Waals surface area contributed by atoms with E-state index < -0.39 is 6.10 Å². The van der Waals surface area contributed by atoms with Gasteiger partial charge in [-0.2, -0.15) is 0 Å². The summed E-state index contributed by atoms with van der Waals surface area (Å²) in [5, 5.41) is 0. The SMILES string of the molecule is CCCCCCCCCCCCCCCCCCCCC(=O)OC[C@@H](COC(=O)CCCCCCCCCCCCC)OC(=O)CCCCCCCCCCCC. The Bertz CT molecular complexity index is 844. The Morgan fingerprint density at radius 2 is 0.474 bits per heavy atom. The Morgan fingerprint density at radius 3 is 0.702 bits per heavy atom. The average molecular weight is 807 g/mol. The number of carbonyl (C=O) groups excluding carboxylic acids is 3. The van der Waals surface area contributed by atoms with Crippen LogP contribution in [0.4, 0.5) is 0 Å². The van der Waals surface area contributed by atoms with E-state index >= 15 is 0 Å². The van der Waals surface area contributed by atoms with E-state index in [4.69, 9.17) is 14.2 Å². The van der Waals surface area contributed by atoms with Gasteiger partial charge >= 0.3 is 17.9 Å². The summed E-state index contributed by atoms with van der Waals surface area (Å²) < 4.78 is 16.8. The molecule has 0 aliphatic rings. The predicted molar refractivity (Wildman–Crippen MR) is 243 cm³/mol. The second kappa shape index (κ2) is 47.1. The van der Waals surface area contributed by atoms with E-state index in [0.29, 0.717) is 19.3 Å². The van der Waals surface area contributed by atoms with Crippen LogP contribution in [0.1, 0.15) is 290 Å². The highest BCUT2D eigenvalue weighted by atomic mass is 16.6. The van der Waals surface area contributed by atoms with Crippen LogP contribution in [0.3, 0.4) is 0 Å². The van der Waals surface area contributed by atoms with Gasteiger partial charge in [-0.3, -0.25) is 14.4 Å². The molecule has 0 radical (unpaired) electrons. The van der Waals surface area contributed by atoms with E-state index in [9.17, 15) is 14.4 Å². The molecule has 0 unspecified atom stereocenters. The van der Waals surface area contributed by atoms with Crippen molar-refractivity contribution >= 4 is 17.9 Å². The second-order valence-electron chi connectivity index (χ2n) is 17.5. The zero-order valence-electron chi connectivity index (χ0n) is 38.6. The molecule has 0 aliphatic heterocycles. The van der Waals surface area contributed by atoms with Crippen LogP contribution in [0.2, 0.25) is 0 Å². The van der Waals surface area contributed by atoms with Crippen LogP contribution in [0.15, 0.2) is 0 Å². The Labute approximate surface area is 355 Å². The molecule has 0 bridgehead atoms. The number of rotatable bonds is 47. The van der Waals surface area contributed by atoms with Gasteiger partial charge in [0.05, 0.1) is 0 Å². The van der Waals surface area contributed by atoms with Crippen LogP contribution in [0, 0.1) is 0 Å². The molecule has 1 atom stereocenters. The van der Waals surface area contributed by atoms with E-state index in [1.807, 2.05) is 0 Å². The molecule has 0 heterocycles. The van der Waals surface area contributed by atoms with E-state index in [1.165, 1.54) is 193 Å². The largest absolute Gasteiger partial charge is 0.462 e. The number of carbonyl (C=O) groups is 3. The molecular formula is C51H98O6. The lowest BCUT2D eigenvalue weighted by atomic mass is 10.0. The van der Waals surface area contributed by atoms with Gasteiger partial charge in [-0.1, -0.05) is 252 Å². The van der Waals surface area contributed by atoms with Gasteiger partial charge < -0.3 is 14.2 Å². The Kier molecular flexibility index (Phi) is 45.8. The Morgan fingerprint density at radius 1 is 0.281 bits per heavy atom. The van der Waals surface area contributed by atoms with Crippen LogP contribution in [0.25, 0.3) is 0 Å². The molecule has 0 saturated carbocycles. The Balaban J connectivity index is 4.22. The predicted octanol–water partition coefficient (Wildman–Crippen LogP) is 16.4. The van der Waals surface area contributed by atoms with Gasteiger partial charge in [0.2, 0.25) is 0 Å². The van der Waals surface area contributed by atoms with Crippen molar-refractivity contribution in [1.29, 1.82) is 0 Å². The fourth-order valence-corrected chi connectivity index (χ4v) is 7.74. The smallest absolute Gasteiger partial charge is 0.306 e. The third-order valence-corrected chi connectivity index (χ3v) is 11.6. The maximum atomic E-state index is 12.7. The van der Waals surface area contributed by atoms with Crippen molar-refractivity contribution in [1.82, 2.24) is 0 Å². The topological polar surface area (TPSA) is 78.9 Å². The normalized spacial score (nSPS) is 11.8. The maximum Gasteiger partial charge on any atom is 0.306 e. The van der Waals surface area contributed by atoms with E-state index in [1.54, 1.807) is 0 Å². The summed E-state index contributed by atoms with van der Waals surface area (Å²) in [5.74, 6) is -0.846. The van der Waals surface area contributed by atoms with Gasteiger partial charge in [-0.25, -0.2) is 0 Å². The van der Waals surface area contributed by atoms with Gasteiger partial charge in [0.1, 0.15) is 13.2 Å². The summed E-state index contributed by atoms with van der Waals surface area (Å²) in [6.07, 6.45) is 49.5. The van der Waals surface area contributed by atoms with Crippen LogP contribution < -0.4 is 0 Å². The van der Waals surface area contributed by atoms with Crippen molar-refractivity contribution in [3.05, 3.63) is 0 Å². The van der Waals surface area contributed by atoms with Crippen LogP contribution in [-0.2, 0) is 28.6 Å². The molecule has 0 aromatic heterocycles. The molecule has 0 saturated heterocycles. The van der Waals surface area contributed by atoms with Crippen molar-refractivity contribution in [3.63, 3.8) is 0 Å². The van der Waals surface area contributed by atoms with Gasteiger partial charge in [0.15, 0.2) is 6.10 Å². The van der Waals surface area contributed by atoms with Gasteiger partial charge in [-0.15, -0.1) is 0 Å². The van der Waals surface area contributed by atoms with Crippen molar-refractivity contribution in [2.75, 3.05) is 13.2 Å². The second-order valence-corrected chi connectivity index (χ2v) is 17.5. The number of ether oxygens (including phenoxy) is 3. The molecule has 0 spiro atoms. The number of esters is 3. The number of hydrogen-bond donors (Lipinski definition) is 0. The summed E-state index contributed by atoms with van der Waals surface area (Å²) in [5.41, 5.74) is 0. The number of hydrogen-bond acceptors (Lipinski definition) is 6. The molecule has 0 fully saturated rings. The van der Waals surface area contributed by atoms with Crippen molar-refractivity contribution < 1.29 is 28.6 Å². The molecule has 6 nitrogen and oxygen atoms in total. The highest BCUT2D eigenvalue weighted by Gasteiger charge is 2.19. The molecule has 0 aliphatic carbocycles. The van der Waals surface area contributed by atoms with Gasteiger partial charge in [0.25, 0.3) is 0 Å². The molecule has 338 valence electrons. The zero-order chi connectivity index (χ0) is 41.5. The van der Waals surface area contributed by atoms with E-state index in [-0.39, 0.29) is 31.1 Å². The van der Waals surface area contributed by atoms with Crippen LogP contribution in [0.5, 0.6) is 0 Å². The molecule has 0 amide bonds. The molecule has 6 heteroatoms. The first-order chi connectivity index (χ1) is 28.0. The lowest BCUT2D eigenvalue weighted by Gasteiger charge is -2.18. The van der Waals surface area contributed by atoms with Gasteiger partial charge in [0, 0.05) is 19.3 Å². The molecule has 0 aromatic rings. The Hall–Kier alpha value is -1.59. The lowest BCUT2D eigenvalue weighted by Crippen LogP contribution is -2.30. The summed E-state index contributed by atoms with van der Waals surface area (Å²) in [6, 6.07) is 0. The quantitative estimate of drug-likeness (QED) is 0.0346. The standard InChI is InChI=1S/C51H98O6/c1-4-7-10-13-16-19-22-23-24-25-26-27-28-30-33-35-38-41-44-50(53)56-47-48(57-51(54)45-42-39-36-31-21-18-15-12-9-6-3)46-55-49(52)43-40-37-34-32-29-20-17-14-11-8-5-2/h48H,4-47H2,1-3H3/t48-/m1/s1. The van der Waals surface area contributed by atoms with E-state index in [2.05, 4.69) is 20.8 Å². The highest BCUT2D eigenvalue weighted by molar-refractivity contribution is 5.71. The fraction of sp³-hybridized carbons (Fsp3) is 0.941. The summed E-state index contributed by atoms with van der Waals surface area (Å²) in [4.78, 5) is 37.8. The van der Waals surface area contributed by atoms with Gasteiger partial charge in [-0.05, 0) is 19.3 Å². The molecular weight excluding hydrogens is 709 g/mol. The fourth-order valence-electron chi connectivity index (χ4n) is 7.74. The van der Waals surface area contributed by atoms with E-state index in [0.717, 1.165) is 57.8 Å². The average Bonchev–Trinajstić information content (AvgIpc) is 3.21. The first kappa shape index (κ1) is 55.4. The van der Waals surface area contributed by atoms with Crippen molar-refractivity contribution in [3.8, 4) is 0 Å². The maximum absolute atomic E-state index is 12.7. The summed E-state index contributed by atoms with van der Waals surface area (Å²) in [7, 11) is 0. The highest BCUT2D eigenvalue weighted by Crippen LogP contribution is 2.17. The van der Waals surface area contributed by atoms with Crippen LogP contribution in [-0.4, -0.2) is 37.2 Å². The zero-order valence-corrected chi connectivity index (χ0v) is 38.6. The molecule has 0 N–H and O–H groups in total. The third-order valence-electron chi connectivity index (χ3n) is 11.6. The monoisotopic (exact) mass is 807 g/mol. The third kappa shape index (κ3) is 45.3. The number of unbranched alkanes of at least 4 members (excludes halogenated alkanes) is 36. The minimum absolute atomic E-state index is 0.0621. The first-order valence-electron chi connectivity index (χ1n) is 25.5. The molecule has 57 heavy (non-hydrogen) atoms. The van der Waals surface area contributed by atoms with Crippen LogP contribution >= 0.6 is 0 Å². The lowest BCUT2D eigenvalue weighted by molar-refractivity contribution is -0.167. The summed E-state index contributed by atoms with van der Waals surface area (Å²) in [6.45, 7) is 6.66. The van der Waals surface area contributed by atoms with Crippen molar-refractivity contribution in [2.45, 2.75) is 297 Å². The minimum Gasteiger partial charge on any atom is -0.462 e. The first-order valence-corrected chi connectivity index (χ1v) is 25.5. The minimum atomic E-state index is -0.758. The summed E-state index contributed by atoms with van der Waals surface area (Å²) >= 11 is 0.